The largest absolute Gasteiger partial charge is 0.497 e. The second-order valence-electron chi connectivity index (χ2n) is 8.44. The van der Waals surface area contributed by atoms with Crippen LogP contribution in [0.5, 0.6) is 17.2 Å². The summed E-state index contributed by atoms with van der Waals surface area (Å²) in [6.45, 7) is 5.62. The average Bonchev–Trinajstić information content (AvgIpc) is 3.48. The Morgan fingerprint density at radius 3 is 2.68 bits per heavy atom. The summed E-state index contributed by atoms with van der Waals surface area (Å²) in [6, 6.07) is 15.4. The molecule has 180 valence electrons. The molecule has 1 atom stereocenters. The van der Waals surface area contributed by atoms with Gasteiger partial charge in [0.15, 0.2) is 11.5 Å². The van der Waals surface area contributed by atoms with Gasteiger partial charge in [0.25, 0.3) is 5.91 Å². The van der Waals surface area contributed by atoms with E-state index in [9.17, 15) is 4.79 Å². The van der Waals surface area contributed by atoms with Crippen molar-refractivity contribution in [1.29, 1.82) is 0 Å². The lowest BCUT2D eigenvalue weighted by atomic mass is 10.1. The van der Waals surface area contributed by atoms with E-state index in [1.165, 1.54) is 0 Å². The number of amides is 1. The molecule has 1 N–H and O–H groups in total. The fraction of sp³-hybridized carbons (Fsp3) is 0.370. The van der Waals surface area contributed by atoms with Gasteiger partial charge in [-0.05, 0) is 62.6 Å². The number of carbonyl (C=O) groups excluding carboxylic acids is 1. The van der Waals surface area contributed by atoms with Crippen molar-refractivity contribution in [3.8, 4) is 22.9 Å². The average molecular weight is 465 g/mol. The Balaban J connectivity index is 1.43. The van der Waals surface area contributed by atoms with Gasteiger partial charge in [-0.15, -0.1) is 0 Å². The molecule has 1 fully saturated rings. The molecule has 1 saturated heterocycles. The van der Waals surface area contributed by atoms with Crippen LogP contribution in [0.4, 0.5) is 0 Å². The number of nitrogens with one attached hydrogen (secondary N) is 1. The molecule has 1 aromatic heterocycles. The van der Waals surface area contributed by atoms with Gasteiger partial charge >= 0.3 is 0 Å². The lowest BCUT2D eigenvalue weighted by Gasteiger charge is -2.15. The maximum atomic E-state index is 13.0. The number of rotatable bonds is 9. The van der Waals surface area contributed by atoms with Crippen LogP contribution in [0.1, 0.15) is 40.2 Å². The molecule has 4 rings (SSSR count). The monoisotopic (exact) mass is 464 g/mol. The molecular formula is C27H32N2O5. The first-order chi connectivity index (χ1) is 16.5. The third-order valence-electron chi connectivity index (χ3n) is 6.12. The third kappa shape index (κ3) is 5.20. The standard InChI is InChI=1S/C27H32N2O5/c1-18-13-24(19(2)29(18)21-7-5-8-22(15-21)31-3)27(30)28-16-20-10-11-25(26(14-20)32-4)34-17-23-9-6-12-33-23/h5,7-8,10-11,13-15,23H,6,9,12,16-17H2,1-4H3,(H,28,30). The molecule has 0 spiro atoms. The fourth-order valence-corrected chi connectivity index (χ4v) is 4.32. The van der Waals surface area contributed by atoms with Gasteiger partial charge in [0.05, 0.1) is 25.9 Å². The first-order valence-corrected chi connectivity index (χ1v) is 11.5. The minimum atomic E-state index is -0.125. The molecule has 2 aromatic carbocycles. The fourth-order valence-electron chi connectivity index (χ4n) is 4.32. The first-order valence-electron chi connectivity index (χ1n) is 11.5. The highest BCUT2D eigenvalue weighted by atomic mass is 16.5. The number of aryl methyl sites for hydroxylation is 1. The Bertz CT molecular complexity index is 1150. The zero-order valence-corrected chi connectivity index (χ0v) is 20.2. The molecule has 1 aliphatic heterocycles. The van der Waals surface area contributed by atoms with E-state index in [-0.39, 0.29) is 12.0 Å². The molecule has 0 radical (unpaired) electrons. The summed E-state index contributed by atoms with van der Waals surface area (Å²) in [6.07, 6.45) is 2.23. The molecule has 3 aromatic rings. The smallest absolute Gasteiger partial charge is 0.253 e. The summed E-state index contributed by atoms with van der Waals surface area (Å²) >= 11 is 0. The van der Waals surface area contributed by atoms with Gasteiger partial charge in [-0.3, -0.25) is 4.79 Å². The minimum Gasteiger partial charge on any atom is -0.497 e. The van der Waals surface area contributed by atoms with Crippen LogP contribution in [0.15, 0.2) is 48.5 Å². The lowest BCUT2D eigenvalue weighted by molar-refractivity contribution is 0.0669. The molecule has 7 nitrogen and oxygen atoms in total. The van der Waals surface area contributed by atoms with Crippen LogP contribution < -0.4 is 19.5 Å². The van der Waals surface area contributed by atoms with Crippen molar-refractivity contribution in [3.63, 3.8) is 0 Å². The quantitative estimate of drug-likeness (QED) is 0.501. The molecule has 0 bridgehead atoms. The predicted molar refractivity (Wildman–Crippen MR) is 130 cm³/mol. The van der Waals surface area contributed by atoms with Crippen LogP contribution in [0.3, 0.4) is 0 Å². The molecule has 1 amide bonds. The first kappa shape index (κ1) is 23.7. The van der Waals surface area contributed by atoms with E-state index in [1.807, 2.05) is 62.4 Å². The van der Waals surface area contributed by atoms with Gasteiger partial charge < -0.3 is 28.8 Å². The van der Waals surface area contributed by atoms with Gasteiger partial charge in [0.2, 0.25) is 0 Å². The topological polar surface area (TPSA) is 71.0 Å². The van der Waals surface area contributed by atoms with Gasteiger partial charge in [0, 0.05) is 36.3 Å². The van der Waals surface area contributed by atoms with Crippen molar-refractivity contribution in [1.82, 2.24) is 9.88 Å². The maximum absolute atomic E-state index is 13.0. The number of ether oxygens (including phenoxy) is 4. The Morgan fingerprint density at radius 2 is 1.94 bits per heavy atom. The molecule has 0 aliphatic carbocycles. The summed E-state index contributed by atoms with van der Waals surface area (Å²) < 4.78 is 24.4. The highest BCUT2D eigenvalue weighted by Crippen LogP contribution is 2.29. The molecular weight excluding hydrogens is 432 g/mol. The van der Waals surface area contributed by atoms with Crippen molar-refractivity contribution < 1.29 is 23.7 Å². The van der Waals surface area contributed by atoms with Crippen LogP contribution in [0.2, 0.25) is 0 Å². The number of carbonyl (C=O) groups is 1. The molecule has 2 heterocycles. The molecule has 34 heavy (non-hydrogen) atoms. The van der Waals surface area contributed by atoms with Crippen molar-refractivity contribution in [3.05, 3.63) is 71.0 Å². The summed E-state index contributed by atoms with van der Waals surface area (Å²) in [5.74, 6) is 1.96. The Kier molecular flexibility index (Phi) is 7.43. The van der Waals surface area contributed by atoms with Gasteiger partial charge in [0.1, 0.15) is 12.4 Å². The number of hydrogen-bond donors (Lipinski definition) is 1. The van der Waals surface area contributed by atoms with Crippen molar-refractivity contribution >= 4 is 5.91 Å². The van der Waals surface area contributed by atoms with E-state index in [4.69, 9.17) is 18.9 Å². The van der Waals surface area contributed by atoms with E-state index in [0.29, 0.717) is 30.2 Å². The third-order valence-corrected chi connectivity index (χ3v) is 6.12. The Hall–Kier alpha value is -3.45. The van der Waals surface area contributed by atoms with Gasteiger partial charge in [-0.2, -0.15) is 0 Å². The van der Waals surface area contributed by atoms with Crippen molar-refractivity contribution in [2.24, 2.45) is 0 Å². The number of methoxy groups -OCH3 is 2. The Labute approximate surface area is 200 Å². The van der Waals surface area contributed by atoms with E-state index in [0.717, 1.165) is 47.8 Å². The summed E-state index contributed by atoms with van der Waals surface area (Å²) in [7, 11) is 3.26. The minimum absolute atomic E-state index is 0.125. The Morgan fingerprint density at radius 1 is 1.09 bits per heavy atom. The normalized spacial score (nSPS) is 15.2. The van der Waals surface area contributed by atoms with E-state index in [2.05, 4.69) is 9.88 Å². The van der Waals surface area contributed by atoms with E-state index in [1.54, 1.807) is 14.2 Å². The lowest BCUT2D eigenvalue weighted by Crippen LogP contribution is -2.23. The highest BCUT2D eigenvalue weighted by Gasteiger charge is 2.19. The second-order valence-corrected chi connectivity index (χ2v) is 8.44. The number of hydrogen-bond acceptors (Lipinski definition) is 5. The van der Waals surface area contributed by atoms with Crippen molar-refractivity contribution in [2.45, 2.75) is 39.3 Å². The zero-order valence-electron chi connectivity index (χ0n) is 20.2. The number of nitrogens with zero attached hydrogens (tertiary/aromatic N) is 1. The second kappa shape index (κ2) is 10.7. The van der Waals surface area contributed by atoms with Gasteiger partial charge in [-0.25, -0.2) is 0 Å². The molecule has 7 heteroatoms. The van der Waals surface area contributed by atoms with Crippen LogP contribution >= 0.6 is 0 Å². The van der Waals surface area contributed by atoms with Crippen LogP contribution in [0.25, 0.3) is 5.69 Å². The van der Waals surface area contributed by atoms with Crippen LogP contribution in [0, 0.1) is 13.8 Å². The predicted octanol–water partition coefficient (Wildman–Crippen LogP) is 4.60. The summed E-state index contributed by atoms with van der Waals surface area (Å²) in [4.78, 5) is 13.0. The molecule has 0 saturated carbocycles. The highest BCUT2D eigenvalue weighted by molar-refractivity contribution is 5.95. The summed E-state index contributed by atoms with van der Waals surface area (Å²) in [5, 5.41) is 3.02. The maximum Gasteiger partial charge on any atom is 0.253 e. The number of aromatic nitrogens is 1. The van der Waals surface area contributed by atoms with Crippen LogP contribution in [-0.4, -0.2) is 44.0 Å². The molecule has 1 unspecified atom stereocenters. The zero-order chi connectivity index (χ0) is 24.1. The van der Waals surface area contributed by atoms with Crippen molar-refractivity contribution in [2.75, 3.05) is 27.4 Å². The van der Waals surface area contributed by atoms with E-state index < -0.39 is 0 Å². The van der Waals surface area contributed by atoms with E-state index >= 15 is 0 Å². The number of benzene rings is 2. The van der Waals surface area contributed by atoms with Gasteiger partial charge in [-0.1, -0.05) is 12.1 Å². The SMILES string of the molecule is COc1cccc(-n2c(C)cc(C(=O)NCc3ccc(OCC4CCCO4)c(OC)c3)c2C)c1. The summed E-state index contributed by atoms with van der Waals surface area (Å²) in [5.41, 5.74) is 4.38. The molecule has 1 aliphatic rings. The van der Waals surface area contributed by atoms with Crippen LogP contribution in [-0.2, 0) is 11.3 Å².